The quantitative estimate of drug-likeness (QED) is 0.732. The van der Waals surface area contributed by atoms with Gasteiger partial charge >= 0.3 is 6.03 Å². The molecule has 0 saturated carbocycles. The number of urea groups is 1. The molecule has 3 N–H and O–H groups in total. The summed E-state index contributed by atoms with van der Waals surface area (Å²) in [6.07, 6.45) is 0. The first-order chi connectivity index (χ1) is 9.17. The van der Waals surface area contributed by atoms with E-state index in [2.05, 4.69) is 5.32 Å². The van der Waals surface area contributed by atoms with Gasteiger partial charge in [-0.1, -0.05) is 0 Å². The average Bonchev–Trinajstić information content (AvgIpc) is 2.41. The Morgan fingerprint density at radius 3 is 2.16 bits per heavy atom. The van der Waals surface area contributed by atoms with Crippen LogP contribution in [0.3, 0.4) is 0 Å². The number of hydrogen-bond donors (Lipinski definition) is 2. The molecule has 106 valence electrons. The van der Waals surface area contributed by atoms with Crippen molar-refractivity contribution in [3.63, 3.8) is 0 Å². The van der Waals surface area contributed by atoms with Gasteiger partial charge in [0, 0.05) is 38.7 Å². The Bertz CT molecular complexity index is 373. The second-order valence-electron chi connectivity index (χ2n) is 4.02. The van der Waals surface area contributed by atoms with E-state index in [1.165, 1.54) is 0 Å². The lowest BCUT2D eigenvalue weighted by Gasteiger charge is -2.22. The molecule has 6 heteroatoms. The zero-order valence-corrected chi connectivity index (χ0v) is 11.4. The van der Waals surface area contributed by atoms with Gasteiger partial charge < -0.3 is 25.4 Å². The Morgan fingerprint density at radius 2 is 1.68 bits per heavy atom. The first kappa shape index (κ1) is 15.3. The molecule has 0 atom stereocenters. The zero-order chi connectivity index (χ0) is 14.1. The maximum atomic E-state index is 12.1. The largest absolute Gasteiger partial charge is 0.399 e. The van der Waals surface area contributed by atoms with Gasteiger partial charge in [-0.2, -0.15) is 0 Å². The first-order valence-electron chi connectivity index (χ1n) is 6.06. The minimum absolute atomic E-state index is 0.182. The zero-order valence-electron chi connectivity index (χ0n) is 11.4. The van der Waals surface area contributed by atoms with Gasteiger partial charge in [-0.3, -0.25) is 0 Å². The van der Waals surface area contributed by atoms with Crippen molar-refractivity contribution in [1.82, 2.24) is 4.90 Å². The molecule has 19 heavy (non-hydrogen) atoms. The molecule has 0 spiro atoms. The van der Waals surface area contributed by atoms with Crippen LogP contribution in [0.5, 0.6) is 0 Å². The van der Waals surface area contributed by atoms with Gasteiger partial charge in [0.15, 0.2) is 0 Å². The van der Waals surface area contributed by atoms with E-state index in [-0.39, 0.29) is 6.03 Å². The summed E-state index contributed by atoms with van der Waals surface area (Å²) in [4.78, 5) is 13.7. The second kappa shape index (κ2) is 8.34. The number of hydrogen-bond acceptors (Lipinski definition) is 4. The molecule has 2 amide bonds. The van der Waals surface area contributed by atoms with Gasteiger partial charge in [0.05, 0.1) is 13.2 Å². The lowest BCUT2D eigenvalue weighted by atomic mass is 10.3. The summed E-state index contributed by atoms with van der Waals surface area (Å²) < 4.78 is 9.98. The Balaban J connectivity index is 2.56. The first-order valence-corrected chi connectivity index (χ1v) is 6.06. The van der Waals surface area contributed by atoms with Crippen LogP contribution in [-0.4, -0.2) is 51.5 Å². The van der Waals surface area contributed by atoms with Gasteiger partial charge in [-0.05, 0) is 24.3 Å². The van der Waals surface area contributed by atoms with Crippen molar-refractivity contribution in [2.45, 2.75) is 0 Å². The highest BCUT2D eigenvalue weighted by Crippen LogP contribution is 2.11. The molecule has 0 aromatic heterocycles. The normalized spacial score (nSPS) is 10.2. The topological polar surface area (TPSA) is 76.8 Å². The fourth-order valence-electron chi connectivity index (χ4n) is 1.49. The van der Waals surface area contributed by atoms with Gasteiger partial charge in [-0.15, -0.1) is 0 Å². The highest BCUT2D eigenvalue weighted by atomic mass is 16.5. The number of methoxy groups -OCH3 is 2. The summed E-state index contributed by atoms with van der Waals surface area (Å²) in [5.41, 5.74) is 6.96. The highest BCUT2D eigenvalue weighted by molar-refractivity contribution is 5.89. The maximum absolute atomic E-state index is 12.1. The van der Waals surface area contributed by atoms with E-state index in [9.17, 15) is 4.79 Å². The molecule has 0 bridgehead atoms. The van der Waals surface area contributed by atoms with Crippen molar-refractivity contribution < 1.29 is 14.3 Å². The van der Waals surface area contributed by atoms with E-state index in [0.29, 0.717) is 37.7 Å². The minimum Gasteiger partial charge on any atom is -0.399 e. The predicted molar refractivity (Wildman–Crippen MR) is 75.2 cm³/mol. The number of nitrogen functional groups attached to an aromatic ring is 1. The molecule has 0 saturated heterocycles. The van der Waals surface area contributed by atoms with E-state index in [1.54, 1.807) is 43.4 Å². The maximum Gasteiger partial charge on any atom is 0.321 e. The lowest BCUT2D eigenvalue weighted by molar-refractivity contribution is 0.127. The Kier molecular flexibility index (Phi) is 6.70. The monoisotopic (exact) mass is 267 g/mol. The third kappa shape index (κ3) is 5.58. The third-order valence-electron chi connectivity index (χ3n) is 2.58. The Hall–Kier alpha value is -1.79. The van der Waals surface area contributed by atoms with Crippen molar-refractivity contribution in [2.24, 2.45) is 0 Å². The van der Waals surface area contributed by atoms with Crippen LogP contribution >= 0.6 is 0 Å². The number of nitrogens with one attached hydrogen (secondary N) is 1. The molecule has 6 nitrogen and oxygen atoms in total. The van der Waals surface area contributed by atoms with Crippen molar-refractivity contribution in [3.8, 4) is 0 Å². The van der Waals surface area contributed by atoms with Crippen LogP contribution in [0.2, 0.25) is 0 Å². The second-order valence-corrected chi connectivity index (χ2v) is 4.02. The van der Waals surface area contributed by atoms with E-state index < -0.39 is 0 Å². The SMILES string of the molecule is COCCN(CCOC)C(=O)Nc1ccc(N)cc1. The Morgan fingerprint density at radius 1 is 1.16 bits per heavy atom. The molecule has 1 aromatic rings. The summed E-state index contributed by atoms with van der Waals surface area (Å²) in [5.74, 6) is 0. The molecule has 1 rings (SSSR count). The number of anilines is 2. The number of carbonyl (C=O) groups excluding carboxylic acids is 1. The fourth-order valence-corrected chi connectivity index (χ4v) is 1.49. The summed E-state index contributed by atoms with van der Waals surface area (Å²) in [7, 11) is 3.21. The number of rotatable bonds is 7. The molecule has 0 heterocycles. The molecule has 0 aliphatic heterocycles. The van der Waals surface area contributed by atoms with Gasteiger partial charge in [-0.25, -0.2) is 4.79 Å². The molecule has 0 radical (unpaired) electrons. The highest BCUT2D eigenvalue weighted by Gasteiger charge is 2.12. The van der Waals surface area contributed by atoms with Crippen molar-refractivity contribution in [2.75, 3.05) is 51.6 Å². The summed E-state index contributed by atoms with van der Waals surface area (Å²) in [6.45, 7) is 2.00. The lowest BCUT2D eigenvalue weighted by Crippen LogP contribution is -2.39. The number of ether oxygens (including phenoxy) is 2. The molecule has 0 aliphatic rings. The fraction of sp³-hybridized carbons (Fsp3) is 0.462. The van der Waals surface area contributed by atoms with Crippen molar-refractivity contribution in [3.05, 3.63) is 24.3 Å². The van der Waals surface area contributed by atoms with Crippen molar-refractivity contribution in [1.29, 1.82) is 0 Å². The number of carbonyl (C=O) groups is 1. The molecule has 0 aliphatic carbocycles. The molecule has 0 unspecified atom stereocenters. The van der Waals surface area contributed by atoms with Crippen LogP contribution < -0.4 is 11.1 Å². The average molecular weight is 267 g/mol. The minimum atomic E-state index is -0.182. The van der Waals surface area contributed by atoms with E-state index in [1.807, 2.05) is 0 Å². The van der Waals surface area contributed by atoms with Crippen LogP contribution in [-0.2, 0) is 9.47 Å². The summed E-state index contributed by atoms with van der Waals surface area (Å²) >= 11 is 0. The molecule has 1 aromatic carbocycles. The molecular weight excluding hydrogens is 246 g/mol. The van der Waals surface area contributed by atoms with Crippen molar-refractivity contribution >= 4 is 17.4 Å². The van der Waals surface area contributed by atoms with Gasteiger partial charge in [0.2, 0.25) is 0 Å². The number of nitrogens with two attached hydrogens (primary N) is 1. The van der Waals surface area contributed by atoms with Crippen LogP contribution in [0.15, 0.2) is 24.3 Å². The van der Waals surface area contributed by atoms with Crippen LogP contribution in [0.25, 0.3) is 0 Å². The van der Waals surface area contributed by atoms with Crippen LogP contribution in [0.1, 0.15) is 0 Å². The Labute approximate surface area is 113 Å². The molecular formula is C13H21N3O3. The van der Waals surface area contributed by atoms with E-state index in [4.69, 9.17) is 15.2 Å². The number of amides is 2. The van der Waals surface area contributed by atoms with Gasteiger partial charge in [0.1, 0.15) is 0 Å². The van der Waals surface area contributed by atoms with Gasteiger partial charge in [0.25, 0.3) is 0 Å². The third-order valence-corrected chi connectivity index (χ3v) is 2.58. The van der Waals surface area contributed by atoms with E-state index >= 15 is 0 Å². The van der Waals surface area contributed by atoms with Crippen LogP contribution in [0, 0.1) is 0 Å². The summed E-state index contributed by atoms with van der Waals surface area (Å²) in [5, 5.41) is 2.81. The standard InChI is InChI=1S/C13H21N3O3/c1-18-9-7-16(8-10-19-2)13(17)15-12-5-3-11(14)4-6-12/h3-6H,7-10,14H2,1-2H3,(H,15,17). The molecule has 0 fully saturated rings. The number of benzene rings is 1. The summed E-state index contributed by atoms with van der Waals surface area (Å²) in [6, 6.07) is 6.82. The smallest absolute Gasteiger partial charge is 0.321 e. The number of nitrogens with zero attached hydrogens (tertiary/aromatic N) is 1. The van der Waals surface area contributed by atoms with E-state index in [0.717, 1.165) is 0 Å². The predicted octanol–water partition coefficient (Wildman–Crippen LogP) is 1.40. The van der Waals surface area contributed by atoms with Crippen LogP contribution in [0.4, 0.5) is 16.2 Å².